The predicted octanol–water partition coefficient (Wildman–Crippen LogP) is 3.78. The number of halogens is 1. The molecule has 0 aliphatic carbocycles. The summed E-state index contributed by atoms with van der Waals surface area (Å²) in [7, 11) is 0. The lowest BCUT2D eigenvalue weighted by Gasteiger charge is -2.04. The van der Waals surface area contributed by atoms with Gasteiger partial charge in [0.2, 0.25) is 0 Å². The quantitative estimate of drug-likeness (QED) is 0.470. The lowest BCUT2D eigenvalue weighted by atomic mass is 10.2. The van der Waals surface area contributed by atoms with Gasteiger partial charge >= 0.3 is 5.97 Å². The van der Waals surface area contributed by atoms with E-state index >= 15 is 0 Å². The molecule has 23 heavy (non-hydrogen) atoms. The van der Waals surface area contributed by atoms with Crippen molar-refractivity contribution in [1.29, 1.82) is 0 Å². The molecule has 1 aromatic heterocycles. The normalized spacial score (nSPS) is 10.7. The fourth-order valence-electron chi connectivity index (χ4n) is 1.73. The number of hydrogen-bond acceptors (Lipinski definition) is 4. The van der Waals surface area contributed by atoms with E-state index < -0.39 is 5.97 Å². The fraction of sp³-hybridized carbons (Fsp3) is 0.176. The Bertz CT molecular complexity index is 666. The van der Waals surface area contributed by atoms with Gasteiger partial charge in [-0.05, 0) is 41.6 Å². The Hall–Kier alpha value is -2.11. The minimum Gasteiger partial charge on any atom is -0.462 e. The van der Waals surface area contributed by atoms with E-state index in [0.29, 0.717) is 22.9 Å². The molecule has 1 N–H and O–H groups in total. The Balaban J connectivity index is 1.61. The lowest BCUT2D eigenvalue weighted by molar-refractivity contribution is -0.137. The van der Waals surface area contributed by atoms with Gasteiger partial charge in [0.05, 0.1) is 11.5 Å². The SMILES string of the molecule is O=C(/C=C/c1ccc(Cl)cc1)OCCCNC(=O)c1cccs1. The number of rotatable bonds is 7. The molecule has 0 unspecified atom stereocenters. The van der Waals surface area contributed by atoms with E-state index in [1.807, 2.05) is 23.6 Å². The highest BCUT2D eigenvalue weighted by atomic mass is 35.5. The molecule has 0 bridgehead atoms. The van der Waals surface area contributed by atoms with Crippen LogP contribution >= 0.6 is 22.9 Å². The van der Waals surface area contributed by atoms with Crippen LogP contribution in [-0.2, 0) is 9.53 Å². The zero-order valence-electron chi connectivity index (χ0n) is 12.3. The Labute approximate surface area is 143 Å². The van der Waals surface area contributed by atoms with E-state index in [1.54, 1.807) is 24.3 Å². The Morgan fingerprint density at radius 3 is 2.70 bits per heavy atom. The van der Waals surface area contributed by atoms with Crippen LogP contribution in [0.1, 0.15) is 21.7 Å². The molecule has 1 heterocycles. The molecule has 0 aliphatic heterocycles. The Morgan fingerprint density at radius 2 is 2.00 bits per heavy atom. The number of hydrogen-bond donors (Lipinski definition) is 1. The van der Waals surface area contributed by atoms with E-state index in [4.69, 9.17) is 16.3 Å². The molecule has 0 spiro atoms. The van der Waals surface area contributed by atoms with Crippen LogP contribution in [0, 0.1) is 0 Å². The molecule has 0 saturated heterocycles. The van der Waals surface area contributed by atoms with E-state index in [1.165, 1.54) is 17.4 Å². The van der Waals surface area contributed by atoms with Gasteiger partial charge in [0.25, 0.3) is 5.91 Å². The van der Waals surface area contributed by atoms with Crippen molar-refractivity contribution in [2.75, 3.05) is 13.2 Å². The molecule has 4 nitrogen and oxygen atoms in total. The number of amides is 1. The molecule has 2 rings (SSSR count). The highest BCUT2D eigenvalue weighted by molar-refractivity contribution is 7.12. The number of ether oxygens (including phenoxy) is 1. The second kappa shape index (κ2) is 9.12. The molecule has 0 atom stereocenters. The molecule has 1 aromatic carbocycles. The number of benzene rings is 1. The minimum absolute atomic E-state index is 0.103. The van der Waals surface area contributed by atoms with Crippen molar-refractivity contribution in [2.45, 2.75) is 6.42 Å². The summed E-state index contributed by atoms with van der Waals surface area (Å²) in [5.74, 6) is -0.515. The van der Waals surface area contributed by atoms with Crippen LogP contribution < -0.4 is 5.32 Å². The van der Waals surface area contributed by atoms with Gasteiger partial charge in [-0.15, -0.1) is 11.3 Å². The summed E-state index contributed by atoms with van der Waals surface area (Å²) in [5, 5.41) is 5.27. The molecular formula is C17H16ClNO3S. The van der Waals surface area contributed by atoms with Gasteiger partial charge in [-0.2, -0.15) is 0 Å². The van der Waals surface area contributed by atoms with Gasteiger partial charge in [0.1, 0.15) is 0 Å². The van der Waals surface area contributed by atoms with Crippen molar-refractivity contribution in [1.82, 2.24) is 5.32 Å². The van der Waals surface area contributed by atoms with Crippen LogP contribution in [0.25, 0.3) is 6.08 Å². The summed E-state index contributed by atoms with van der Waals surface area (Å²) < 4.78 is 5.06. The summed E-state index contributed by atoms with van der Waals surface area (Å²) in [6.45, 7) is 0.722. The lowest BCUT2D eigenvalue weighted by Crippen LogP contribution is -2.24. The summed E-state index contributed by atoms with van der Waals surface area (Å²) in [4.78, 5) is 23.9. The largest absolute Gasteiger partial charge is 0.462 e. The summed E-state index contributed by atoms with van der Waals surface area (Å²) >= 11 is 7.17. The molecular weight excluding hydrogens is 334 g/mol. The van der Waals surface area contributed by atoms with Gasteiger partial charge < -0.3 is 10.1 Å². The molecule has 0 radical (unpaired) electrons. The molecule has 0 fully saturated rings. The summed E-state index contributed by atoms with van der Waals surface area (Å²) in [6, 6.07) is 10.7. The maximum atomic E-state index is 11.7. The van der Waals surface area contributed by atoms with E-state index in [-0.39, 0.29) is 12.5 Å². The maximum Gasteiger partial charge on any atom is 0.330 e. The first kappa shape index (κ1) is 17.2. The standard InChI is InChI=1S/C17H16ClNO3S/c18-14-7-4-13(5-8-14)6-9-16(20)22-11-2-10-19-17(21)15-3-1-12-23-15/h1,3-9,12H,2,10-11H2,(H,19,21)/b9-6+. The smallest absolute Gasteiger partial charge is 0.330 e. The monoisotopic (exact) mass is 349 g/mol. The third kappa shape index (κ3) is 6.26. The molecule has 2 aromatic rings. The maximum absolute atomic E-state index is 11.7. The zero-order chi connectivity index (χ0) is 16.5. The number of carbonyl (C=O) groups excluding carboxylic acids is 2. The van der Waals surface area contributed by atoms with Crippen molar-refractivity contribution < 1.29 is 14.3 Å². The van der Waals surface area contributed by atoms with Gasteiger partial charge in [0, 0.05) is 17.6 Å². The van der Waals surface area contributed by atoms with Gasteiger partial charge in [0.15, 0.2) is 0 Å². The number of nitrogens with one attached hydrogen (secondary N) is 1. The average Bonchev–Trinajstić information content (AvgIpc) is 3.08. The first-order chi connectivity index (χ1) is 11.1. The fourth-order valence-corrected chi connectivity index (χ4v) is 2.49. The van der Waals surface area contributed by atoms with Crippen molar-refractivity contribution in [3.63, 3.8) is 0 Å². The van der Waals surface area contributed by atoms with E-state index in [0.717, 1.165) is 5.56 Å². The second-order valence-corrected chi connectivity index (χ2v) is 6.02. The van der Waals surface area contributed by atoms with Crippen molar-refractivity contribution in [2.24, 2.45) is 0 Å². The average molecular weight is 350 g/mol. The molecule has 0 aliphatic rings. The first-order valence-electron chi connectivity index (χ1n) is 7.07. The molecule has 0 saturated carbocycles. The Morgan fingerprint density at radius 1 is 1.22 bits per heavy atom. The third-order valence-corrected chi connectivity index (χ3v) is 4.00. The van der Waals surface area contributed by atoms with Crippen LogP contribution in [0.4, 0.5) is 0 Å². The van der Waals surface area contributed by atoms with Crippen LogP contribution in [-0.4, -0.2) is 25.0 Å². The van der Waals surface area contributed by atoms with Gasteiger partial charge in [-0.1, -0.05) is 29.8 Å². The van der Waals surface area contributed by atoms with Crippen LogP contribution in [0.2, 0.25) is 5.02 Å². The number of thiophene rings is 1. The molecule has 120 valence electrons. The topological polar surface area (TPSA) is 55.4 Å². The summed E-state index contributed by atoms with van der Waals surface area (Å²) in [5.41, 5.74) is 0.870. The second-order valence-electron chi connectivity index (χ2n) is 4.64. The minimum atomic E-state index is -0.412. The van der Waals surface area contributed by atoms with Crippen molar-refractivity contribution in [3.8, 4) is 0 Å². The predicted molar refractivity (Wildman–Crippen MR) is 92.7 cm³/mol. The van der Waals surface area contributed by atoms with Crippen molar-refractivity contribution in [3.05, 3.63) is 63.3 Å². The van der Waals surface area contributed by atoms with E-state index in [9.17, 15) is 9.59 Å². The summed E-state index contributed by atoms with van der Waals surface area (Å²) in [6.07, 6.45) is 3.60. The van der Waals surface area contributed by atoms with Gasteiger partial charge in [-0.25, -0.2) is 4.79 Å². The zero-order valence-corrected chi connectivity index (χ0v) is 13.9. The molecule has 1 amide bonds. The van der Waals surface area contributed by atoms with Crippen LogP contribution in [0.5, 0.6) is 0 Å². The highest BCUT2D eigenvalue weighted by Gasteiger charge is 2.05. The van der Waals surface area contributed by atoms with Crippen molar-refractivity contribution >= 4 is 40.9 Å². The van der Waals surface area contributed by atoms with Gasteiger partial charge in [-0.3, -0.25) is 4.79 Å². The Kier molecular flexibility index (Phi) is 6.84. The number of esters is 1. The third-order valence-electron chi connectivity index (χ3n) is 2.88. The first-order valence-corrected chi connectivity index (χ1v) is 8.33. The van der Waals surface area contributed by atoms with Crippen LogP contribution in [0.3, 0.4) is 0 Å². The number of carbonyl (C=O) groups is 2. The highest BCUT2D eigenvalue weighted by Crippen LogP contribution is 2.10. The molecule has 6 heteroatoms. The van der Waals surface area contributed by atoms with Crippen LogP contribution in [0.15, 0.2) is 47.9 Å². The van der Waals surface area contributed by atoms with E-state index in [2.05, 4.69) is 5.32 Å².